The lowest BCUT2D eigenvalue weighted by Gasteiger charge is -2.34. The van der Waals surface area contributed by atoms with Crippen molar-refractivity contribution in [3.8, 4) is 11.5 Å². The second-order valence-electron chi connectivity index (χ2n) is 8.34. The van der Waals surface area contributed by atoms with Gasteiger partial charge >= 0.3 is 0 Å². The Hall–Kier alpha value is -3.90. The second-order valence-corrected chi connectivity index (χ2v) is 8.34. The first kappa shape index (κ1) is 24.2. The molecule has 0 spiro atoms. The van der Waals surface area contributed by atoms with Crippen molar-refractivity contribution in [2.24, 2.45) is 0 Å². The Bertz CT molecular complexity index is 1130. The molecule has 1 aliphatic rings. The van der Waals surface area contributed by atoms with E-state index >= 15 is 0 Å². The summed E-state index contributed by atoms with van der Waals surface area (Å²) in [6.07, 6.45) is 3.40. The summed E-state index contributed by atoms with van der Waals surface area (Å²) in [5.41, 5.74) is 2.30. The fourth-order valence-corrected chi connectivity index (χ4v) is 3.93. The number of amides is 1. The van der Waals surface area contributed by atoms with Gasteiger partial charge in [0.15, 0.2) is 5.78 Å². The molecular formula is C29H30N2O4. The van der Waals surface area contributed by atoms with Gasteiger partial charge in [-0.25, -0.2) is 0 Å². The molecule has 35 heavy (non-hydrogen) atoms. The Morgan fingerprint density at radius 1 is 0.800 bits per heavy atom. The number of hydrogen-bond donors (Lipinski definition) is 0. The van der Waals surface area contributed by atoms with Crippen LogP contribution in [0.1, 0.15) is 26.3 Å². The number of rotatable bonds is 9. The molecule has 180 valence electrons. The number of benzene rings is 3. The molecule has 0 saturated carbocycles. The molecule has 1 saturated heterocycles. The lowest BCUT2D eigenvalue weighted by atomic mass is 10.1. The zero-order valence-corrected chi connectivity index (χ0v) is 19.9. The van der Waals surface area contributed by atoms with Crippen molar-refractivity contribution in [3.05, 3.63) is 102 Å². The lowest BCUT2D eigenvalue weighted by molar-refractivity contribution is 0.0620. The first-order valence-electron chi connectivity index (χ1n) is 11.8. The van der Waals surface area contributed by atoms with Gasteiger partial charge in [0.25, 0.3) is 5.91 Å². The van der Waals surface area contributed by atoms with Crippen molar-refractivity contribution in [2.45, 2.75) is 0 Å². The Labute approximate surface area is 206 Å². The fourth-order valence-electron chi connectivity index (χ4n) is 3.93. The zero-order chi connectivity index (χ0) is 24.5. The van der Waals surface area contributed by atoms with E-state index in [9.17, 15) is 9.59 Å². The van der Waals surface area contributed by atoms with Crippen LogP contribution in [0.4, 0.5) is 0 Å². The monoisotopic (exact) mass is 470 g/mol. The third-order valence-electron chi connectivity index (χ3n) is 6.04. The fraction of sp³-hybridized carbons (Fsp3) is 0.241. The van der Waals surface area contributed by atoms with E-state index in [0.29, 0.717) is 30.8 Å². The summed E-state index contributed by atoms with van der Waals surface area (Å²) in [5.74, 6) is 1.58. The van der Waals surface area contributed by atoms with E-state index in [-0.39, 0.29) is 11.7 Å². The first-order chi connectivity index (χ1) is 17.1. The van der Waals surface area contributed by atoms with Gasteiger partial charge in [0.1, 0.15) is 18.1 Å². The molecule has 1 aliphatic heterocycles. The Morgan fingerprint density at radius 3 is 2.11 bits per heavy atom. The van der Waals surface area contributed by atoms with Gasteiger partial charge in [0.2, 0.25) is 0 Å². The number of ether oxygens (including phenoxy) is 2. The van der Waals surface area contributed by atoms with Gasteiger partial charge in [-0.2, -0.15) is 0 Å². The first-order valence-corrected chi connectivity index (χ1v) is 11.8. The van der Waals surface area contributed by atoms with Gasteiger partial charge in [0, 0.05) is 43.9 Å². The minimum absolute atomic E-state index is 0.0169. The zero-order valence-electron chi connectivity index (χ0n) is 19.9. The van der Waals surface area contributed by atoms with Crippen LogP contribution < -0.4 is 9.47 Å². The normalized spacial score (nSPS) is 14.1. The summed E-state index contributed by atoms with van der Waals surface area (Å²) in [6, 6.07) is 24.2. The van der Waals surface area contributed by atoms with Crippen LogP contribution in [-0.2, 0) is 0 Å². The molecule has 4 rings (SSSR count). The number of hydrogen-bond acceptors (Lipinski definition) is 5. The van der Waals surface area contributed by atoms with Crippen molar-refractivity contribution in [3.63, 3.8) is 0 Å². The smallest absolute Gasteiger partial charge is 0.253 e. The van der Waals surface area contributed by atoms with Crippen molar-refractivity contribution < 1.29 is 19.1 Å². The number of allylic oxidation sites excluding steroid dienone is 1. The second kappa shape index (κ2) is 12.0. The van der Waals surface area contributed by atoms with Crippen LogP contribution in [-0.4, -0.2) is 67.9 Å². The van der Waals surface area contributed by atoms with Gasteiger partial charge in [-0.1, -0.05) is 48.5 Å². The van der Waals surface area contributed by atoms with Crippen molar-refractivity contribution >= 4 is 17.8 Å². The molecule has 1 heterocycles. The quantitative estimate of drug-likeness (QED) is 0.342. The minimum Gasteiger partial charge on any atom is -0.497 e. The average Bonchev–Trinajstić information content (AvgIpc) is 2.93. The summed E-state index contributed by atoms with van der Waals surface area (Å²) < 4.78 is 11.1. The van der Waals surface area contributed by atoms with Crippen LogP contribution in [0.3, 0.4) is 0 Å². The summed E-state index contributed by atoms with van der Waals surface area (Å²) in [7, 11) is 1.61. The van der Waals surface area contributed by atoms with Crippen molar-refractivity contribution in [1.82, 2.24) is 9.80 Å². The number of methoxy groups -OCH3 is 1. The minimum atomic E-state index is -0.0169. The highest BCUT2D eigenvalue weighted by atomic mass is 16.5. The van der Waals surface area contributed by atoms with E-state index < -0.39 is 0 Å². The van der Waals surface area contributed by atoms with E-state index in [0.717, 1.165) is 36.7 Å². The van der Waals surface area contributed by atoms with E-state index in [1.807, 2.05) is 89.8 Å². The molecule has 0 bridgehead atoms. The number of ketones is 1. The molecule has 0 atom stereocenters. The van der Waals surface area contributed by atoms with Gasteiger partial charge in [-0.3, -0.25) is 14.5 Å². The highest BCUT2D eigenvalue weighted by Crippen LogP contribution is 2.16. The molecule has 0 aliphatic carbocycles. The van der Waals surface area contributed by atoms with Gasteiger partial charge in [0.05, 0.1) is 7.11 Å². The van der Waals surface area contributed by atoms with E-state index in [1.165, 1.54) is 0 Å². The SMILES string of the molecule is COc1ccc(C(=O)N2CCN(CCOc3ccc(/C=C/C(=O)c4ccccc4)cc3)CC2)cc1. The number of carbonyl (C=O) groups excluding carboxylic acids is 2. The Morgan fingerprint density at radius 2 is 1.46 bits per heavy atom. The highest BCUT2D eigenvalue weighted by Gasteiger charge is 2.22. The molecule has 0 N–H and O–H groups in total. The molecular weight excluding hydrogens is 440 g/mol. The van der Waals surface area contributed by atoms with E-state index in [4.69, 9.17) is 9.47 Å². The predicted octanol–water partition coefficient (Wildman–Crippen LogP) is 4.43. The Balaban J connectivity index is 1.17. The van der Waals surface area contributed by atoms with Crippen LogP contribution in [0.25, 0.3) is 6.08 Å². The summed E-state index contributed by atoms with van der Waals surface area (Å²) in [5, 5.41) is 0. The maximum atomic E-state index is 12.7. The standard InChI is InChI=1S/C29H30N2O4/c1-34-26-14-10-25(11-15-26)29(33)31-19-17-30(18-20-31)21-22-35-27-12-7-23(8-13-27)9-16-28(32)24-5-3-2-4-6-24/h2-16H,17-22H2,1H3/b16-9+. The largest absolute Gasteiger partial charge is 0.497 e. The molecule has 3 aromatic rings. The molecule has 1 amide bonds. The summed E-state index contributed by atoms with van der Waals surface area (Å²) in [6.45, 7) is 4.43. The number of piperazine rings is 1. The highest BCUT2D eigenvalue weighted by molar-refractivity contribution is 6.06. The molecule has 6 heteroatoms. The van der Waals surface area contributed by atoms with Crippen LogP contribution in [0, 0.1) is 0 Å². The molecule has 6 nitrogen and oxygen atoms in total. The van der Waals surface area contributed by atoms with Crippen LogP contribution in [0.15, 0.2) is 84.9 Å². The maximum absolute atomic E-state index is 12.7. The van der Waals surface area contributed by atoms with E-state index in [2.05, 4.69) is 4.90 Å². The number of nitrogens with zero attached hydrogens (tertiary/aromatic N) is 2. The van der Waals surface area contributed by atoms with Crippen LogP contribution in [0.5, 0.6) is 11.5 Å². The van der Waals surface area contributed by atoms with Crippen molar-refractivity contribution in [1.29, 1.82) is 0 Å². The molecule has 0 aromatic heterocycles. The van der Waals surface area contributed by atoms with Gasteiger partial charge in [-0.05, 0) is 48.0 Å². The Kier molecular flexibility index (Phi) is 8.30. The molecule has 1 fully saturated rings. The predicted molar refractivity (Wildman–Crippen MR) is 137 cm³/mol. The number of carbonyl (C=O) groups is 2. The topological polar surface area (TPSA) is 59.1 Å². The van der Waals surface area contributed by atoms with Gasteiger partial charge in [-0.15, -0.1) is 0 Å². The third kappa shape index (κ3) is 6.80. The lowest BCUT2D eigenvalue weighted by Crippen LogP contribution is -2.49. The van der Waals surface area contributed by atoms with E-state index in [1.54, 1.807) is 13.2 Å². The average molecular weight is 471 g/mol. The third-order valence-corrected chi connectivity index (χ3v) is 6.04. The van der Waals surface area contributed by atoms with Gasteiger partial charge < -0.3 is 14.4 Å². The molecule has 0 radical (unpaired) electrons. The summed E-state index contributed by atoms with van der Waals surface area (Å²) in [4.78, 5) is 29.1. The summed E-state index contributed by atoms with van der Waals surface area (Å²) >= 11 is 0. The maximum Gasteiger partial charge on any atom is 0.253 e. The van der Waals surface area contributed by atoms with Crippen molar-refractivity contribution in [2.75, 3.05) is 46.4 Å². The van der Waals surface area contributed by atoms with Crippen LogP contribution in [0.2, 0.25) is 0 Å². The van der Waals surface area contributed by atoms with Crippen LogP contribution >= 0.6 is 0 Å². The molecule has 3 aromatic carbocycles. The molecule has 0 unspecified atom stereocenters.